The maximum absolute atomic E-state index is 12.6. The molecule has 0 bridgehead atoms. The predicted molar refractivity (Wildman–Crippen MR) is 82.5 cm³/mol. The molecule has 1 aliphatic rings. The van der Waals surface area contributed by atoms with Gasteiger partial charge in [0, 0.05) is 19.6 Å². The van der Waals surface area contributed by atoms with Crippen molar-refractivity contribution in [1.82, 2.24) is 14.3 Å². The third-order valence-electron chi connectivity index (χ3n) is 3.63. The molecule has 2 heterocycles. The summed E-state index contributed by atoms with van der Waals surface area (Å²) in [5.41, 5.74) is 0. The van der Waals surface area contributed by atoms with Gasteiger partial charge in [0.1, 0.15) is 4.90 Å². The Morgan fingerprint density at radius 3 is 2.33 bits per heavy atom. The molecule has 118 valence electrons. The molecule has 0 aliphatic carbocycles. The standard InChI is InChI=1S/C14H24N4O2S/c1-4-5-15-14-16-7-13(8-17-14)21(19,20)18-9-11(2)6-12(3)10-18/h7-8,11-12H,4-6,9-10H2,1-3H3,(H,15,16,17). The lowest BCUT2D eigenvalue weighted by molar-refractivity contribution is 0.222. The van der Waals surface area contributed by atoms with Gasteiger partial charge in [0.15, 0.2) is 0 Å². The maximum Gasteiger partial charge on any atom is 0.246 e. The molecule has 2 rings (SSSR count). The molecule has 0 radical (unpaired) electrons. The molecule has 2 atom stereocenters. The van der Waals surface area contributed by atoms with Gasteiger partial charge in [-0.25, -0.2) is 18.4 Å². The summed E-state index contributed by atoms with van der Waals surface area (Å²) in [6.07, 6.45) is 4.82. The highest BCUT2D eigenvalue weighted by molar-refractivity contribution is 7.89. The third kappa shape index (κ3) is 3.91. The second-order valence-electron chi connectivity index (χ2n) is 5.94. The van der Waals surface area contributed by atoms with Gasteiger partial charge >= 0.3 is 0 Å². The average molecular weight is 312 g/mol. The van der Waals surface area contributed by atoms with E-state index in [1.807, 2.05) is 6.92 Å². The van der Waals surface area contributed by atoms with Gasteiger partial charge in [-0.15, -0.1) is 0 Å². The van der Waals surface area contributed by atoms with Crippen molar-refractivity contribution in [3.05, 3.63) is 12.4 Å². The van der Waals surface area contributed by atoms with E-state index < -0.39 is 10.0 Å². The van der Waals surface area contributed by atoms with E-state index in [-0.39, 0.29) is 4.90 Å². The number of nitrogens with zero attached hydrogens (tertiary/aromatic N) is 3. The summed E-state index contributed by atoms with van der Waals surface area (Å²) in [4.78, 5) is 8.35. The topological polar surface area (TPSA) is 75.2 Å². The molecule has 1 aromatic rings. The average Bonchev–Trinajstić information content (AvgIpc) is 2.44. The number of hydrogen-bond donors (Lipinski definition) is 1. The first kappa shape index (κ1) is 16.2. The summed E-state index contributed by atoms with van der Waals surface area (Å²) in [5, 5.41) is 3.04. The highest BCUT2D eigenvalue weighted by Gasteiger charge is 2.32. The SMILES string of the molecule is CCCNc1ncc(S(=O)(=O)N2CC(C)CC(C)C2)cn1. The maximum atomic E-state index is 12.6. The highest BCUT2D eigenvalue weighted by atomic mass is 32.2. The Morgan fingerprint density at radius 1 is 1.24 bits per heavy atom. The Morgan fingerprint density at radius 2 is 1.81 bits per heavy atom. The van der Waals surface area contributed by atoms with E-state index in [2.05, 4.69) is 29.1 Å². The van der Waals surface area contributed by atoms with Gasteiger partial charge in [0.2, 0.25) is 16.0 Å². The van der Waals surface area contributed by atoms with Crippen molar-refractivity contribution < 1.29 is 8.42 Å². The molecule has 7 heteroatoms. The van der Waals surface area contributed by atoms with Crippen LogP contribution in [0.4, 0.5) is 5.95 Å². The summed E-state index contributed by atoms with van der Waals surface area (Å²) < 4.78 is 26.8. The van der Waals surface area contributed by atoms with Crippen molar-refractivity contribution in [2.45, 2.75) is 38.5 Å². The Labute approximate surface area is 127 Å². The molecular formula is C14H24N4O2S. The summed E-state index contributed by atoms with van der Waals surface area (Å²) in [6.45, 7) is 8.14. The molecular weight excluding hydrogens is 288 g/mol. The van der Waals surface area contributed by atoms with Crippen LogP contribution in [0.25, 0.3) is 0 Å². The minimum atomic E-state index is -3.48. The number of anilines is 1. The van der Waals surface area contributed by atoms with Crippen LogP contribution in [0.2, 0.25) is 0 Å². The van der Waals surface area contributed by atoms with E-state index in [1.165, 1.54) is 12.4 Å². The van der Waals surface area contributed by atoms with Crippen LogP contribution in [-0.2, 0) is 10.0 Å². The van der Waals surface area contributed by atoms with E-state index in [1.54, 1.807) is 4.31 Å². The van der Waals surface area contributed by atoms with Crippen LogP contribution in [0, 0.1) is 11.8 Å². The Hall–Kier alpha value is -1.21. The normalized spacial score (nSPS) is 24.0. The fourth-order valence-electron chi connectivity index (χ4n) is 2.73. The molecule has 0 amide bonds. The van der Waals surface area contributed by atoms with Crippen molar-refractivity contribution in [2.24, 2.45) is 11.8 Å². The fraction of sp³-hybridized carbons (Fsp3) is 0.714. The minimum absolute atomic E-state index is 0.172. The number of rotatable bonds is 5. The zero-order valence-corrected chi connectivity index (χ0v) is 13.7. The van der Waals surface area contributed by atoms with Crippen molar-refractivity contribution >= 4 is 16.0 Å². The summed E-state index contributed by atoms with van der Waals surface area (Å²) in [5.74, 6) is 1.24. The first-order valence-electron chi connectivity index (χ1n) is 7.49. The van der Waals surface area contributed by atoms with Gasteiger partial charge < -0.3 is 5.32 Å². The van der Waals surface area contributed by atoms with Gasteiger partial charge in [0.05, 0.1) is 12.4 Å². The number of sulfonamides is 1. The number of nitrogens with one attached hydrogen (secondary N) is 1. The molecule has 1 N–H and O–H groups in total. The van der Waals surface area contributed by atoms with Crippen LogP contribution in [0.3, 0.4) is 0 Å². The zero-order chi connectivity index (χ0) is 15.5. The predicted octanol–water partition coefficient (Wildman–Crippen LogP) is 1.97. The second kappa shape index (κ2) is 6.70. The second-order valence-corrected chi connectivity index (χ2v) is 7.88. The molecule has 0 spiro atoms. The van der Waals surface area contributed by atoms with Gasteiger partial charge in [-0.3, -0.25) is 0 Å². The smallest absolute Gasteiger partial charge is 0.246 e. The molecule has 21 heavy (non-hydrogen) atoms. The van der Waals surface area contributed by atoms with Gasteiger partial charge in [-0.2, -0.15) is 4.31 Å². The minimum Gasteiger partial charge on any atom is -0.354 e. The Kier molecular flexibility index (Phi) is 5.16. The summed E-state index contributed by atoms with van der Waals surface area (Å²) >= 11 is 0. The lowest BCUT2D eigenvalue weighted by atomic mass is 9.94. The Balaban J connectivity index is 2.15. The quantitative estimate of drug-likeness (QED) is 0.899. The number of hydrogen-bond acceptors (Lipinski definition) is 5. The fourth-order valence-corrected chi connectivity index (χ4v) is 4.30. The Bertz CT molecular complexity index is 549. The van der Waals surface area contributed by atoms with E-state index >= 15 is 0 Å². The first-order chi connectivity index (χ1) is 9.93. The largest absolute Gasteiger partial charge is 0.354 e. The van der Waals surface area contributed by atoms with Crippen molar-refractivity contribution in [1.29, 1.82) is 0 Å². The van der Waals surface area contributed by atoms with Crippen molar-refractivity contribution in [2.75, 3.05) is 25.0 Å². The zero-order valence-electron chi connectivity index (χ0n) is 12.9. The monoisotopic (exact) mass is 312 g/mol. The lowest BCUT2D eigenvalue weighted by Crippen LogP contribution is -2.42. The molecule has 1 aromatic heterocycles. The van der Waals surface area contributed by atoms with Crippen LogP contribution >= 0.6 is 0 Å². The molecule has 1 saturated heterocycles. The van der Waals surface area contributed by atoms with Gasteiger partial charge in [-0.1, -0.05) is 20.8 Å². The molecule has 0 aromatic carbocycles. The van der Waals surface area contributed by atoms with Crippen LogP contribution in [0.15, 0.2) is 17.3 Å². The number of aromatic nitrogens is 2. The van der Waals surface area contributed by atoms with Crippen LogP contribution in [0.5, 0.6) is 0 Å². The van der Waals surface area contributed by atoms with Crippen molar-refractivity contribution in [3.63, 3.8) is 0 Å². The molecule has 1 aliphatic heterocycles. The van der Waals surface area contributed by atoms with Crippen molar-refractivity contribution in [3.8, 4) is 0 Å². The molecule has 1 fully saturated rings. The lowest BCUT2D eigenvalue weighted by Gasteiger charge is -2.33. The van der Waals surface area contributed by atoms with Gasteiger partial charge in [0.25, 0.3) is 0 Å². The molecule has 2 unspecified atom stereocenters. The summed E-state index contributed by atoms with van der Waals surface area (Å²) in [6, 6.07) is 0. The summed E-state index contributed by atoms with van der Waals surface area (Å²) in [7, 11) is -3.48. The van der Waals surface area contributed by atoms with Crippen LogP contribution in [0.1, 0.15) is 33.6 Å². The highest BCUT2D eigenvalue weighted by Crippen LogP contribution is 2.26. The van der Waals surface area contributed by atoms with Gasteiger partial charge in [-0.05, 0) is 24.7 Å². The van der Waals surface area contributed by atoms with E-state index in [9.17, 15) is 8.42 Å². The molecule has 6 nitrogen and oxygen atoms in total. The van der Waals surface area contributed by atoms with E-state index in [4.69, 9.17) is 0 Å². The van der Waals surface area contributed by atoms with E-state index in [0.29, 0.717) is 30.9 Å². The van der Waals surface area contributed by atoms with Crippen LogP contribution in [-0.4, -0.2) is 42.3 Å². The van der Waals surface area contributed by atoms with Crippen LogP contribution < -0.4 is 5.32 Å². The number of piperidine rings is 1. The van der Waals surface area contributed by atoms with E-state index in [0.717, 1.165) is 19.4 Å². The first-order valence-corrected chi connectivity index (χ1v) is 8.93. The third-order valence-corrected chi connectivity index (χ3v) is 5.42. The molecule has 0 saturated carbocycles.